The molecule has 0 radical (unpaired) electrons. The van der Waals surface area contributed by atoms with Crippen LogP contribution in [0.5, 0.6) is 0 Å². The quantitative estimate of drug-likeness (QED) is 0.424. The van der Waals surface area contributed by atoms with E-state index >= 15 is 0 Å². The van der Waals surface area contributed by atoms with Gasteiger partial charge in [0.2, 0.25) is 0 Å². The second-order valence-corrected chi connectivity index (χ2v) is 9.90. The minimum atomic E-state index is 0.0123. The number of nitrogens with two attached hydrogens (primary N) is 1. The van der Waals surface area contributed by atoms with Crippen LogP contribution in [0, 0.1) is 11.3 Å². The number of nitriles is 1. The molecule has 1 atom stereocenters. The number of carbonyl (C=O) groups is 1. The largest absolute Gasteiger partial charge is 0.384 e. The zero-order chi connectivity index (χ0) is 27.0. The van der Waals surface area contributed by atoms with Crippen LogP contribution in [-0.4, -0.2) is 57.4 Å². The average Bonchev–Trinajstić information content (AvgIpc) is 3.28. The summed E-state index contributed by atoms with van der Waals surface area (Å²) in [5.74, 6) is 0.340. The number of amides is 1. The molecule has 5 rings (SSSR count). The standard InChI is InChI=1S/C30H31N7O/c1-19(37-15-12-21(13-16-37)20-5-7-22(8-6-20)30(38)35(2)3)27-17-25-23(11-14-33-29(25)36(27)4)24-9-10-28(32)34-26(24)18-31/h5-12,14,17,19H,13,15-16H2,1-4H3,(H2,32,34)/t19-/m0/s1. The van der Waals surface area contributed by atoms with Crippen LogP contribution < -0.4 is 5.73 Å². The summed E-state index contributed by atoms with van der Waals surface area (Å²) in [7, 11) is 5.57. The molecule has 4 heterocycles. The van der Waals surface area contributed by atoms with Crippen molar-refractivity contribution in [3.05, 3.63) is 83.3 Å². The van der Waals surface area contributed by atoms with Gasteiger partial charge in [-0.2, -0.15) is 5.26 Å². The van der Waals surface area contributed by atoms with Gasteiger partial charge >= 0.3 is 0 Å². The summed E-state index contributed by atoms with van der Waals surface area (Å²) < 4.78 is 2.14. The van der Waals surface area contributed by atoms with Crippen LogP contribution in [0.1, 0.15) is 46.7 Å². The van der Waals surface area contributed by atoms with Gasteiger partial charge in [-0.25, -0.2) is 9.97 Å². The number of hydrogen-bond acceptors (Lipinski definition) is 6. The lowest BCUT2D eigenvalue weighted by Gasteiger charge is -2.32. The van der Waals surface area contributed by atoms with E-state index in [1.165, 1.54) is 5.57 Å². The molecule has 3 aromatic heterocycles. The Balaban J connectivity index is 1.40. The van der Waals surface area contributed by atoms with E-state index < -0.39 is 0 Å². The number of aromatic nitrogens is 3. The molecular weight excluding hydrogens is 474 g/mol. The third-order valence-corrected chi connectivity index (χ3v) is 7.40. The molecule has 38 heavy (non-hydrogen) atoms. The first-order valence-electron chi connectivity index (χ1n) is 12.6. The highest BCUT2D eigenvalue weighted by atomic mass is 16.2. The van der Waals surface area contributed by atoms with Crippen LogP contribution in [-0.2, 0) is 7.05 Å². The van der Waals surface area contributed by atoms with Crippen molar-refractivity contribution in [1.82, 2.24) is 24.3 Å². The number of fused-ring (bicyclic) bond motifs is 1. The van der Waals surface area contributed by atoms with Gasteiger partial charge in [-0.15, -0.1) is 0 Å². The summed E-state index contributed by atoms with van der Waals surface area (Å²) in [5.41, 5.74) is 13.0. The van der Waals surface area contributed by atoms with Crippen molar-refractivity contribution in [2.75, 3.05) is 32.9 Å². The predicted molar refractivity (Wildman–Crippen MR) is 150 cm³/mol. The topological polar surface area (TPSA) is 104 Å². The van der Waals surface area contributed by atoms with E-state index in [1.807, 2.05) is 43.4 Å². The monoisotopic (exact) mass is 505 g/mol. The van der Waals surface area contributed by atoms with Gasteiger partial charge in [-0.05, 0) is 66.4 Å². The van der Waals surface area contributed by atoms with Crippen molar-refractivity contribution in [1.29, 1.82) is 5.26 Å². The maximum absolute atomic E-state index is 12.2. The van der Waals surface area contributed by atoms with Gasteiger partial charge < -0.3 is 15.2 Å². The zero-order valence-electron chi connectivity index (χ0n) is 22.1. The molecule has 1 aliphatic heterocycles. The molecule has 4 aromatic rings. The number of rotatable bonds is 5. The fourth-order valence-electron chi connectivity index (χ4n) is 5.22. The van der Waals surface area contributed by atoms with Gasteiger partial charge in [0.05, 0.1) is 0 Å². The second-order valence-electron chi connectivity index (χ2n) is 9.90. The van der Waals surface area contributed by atoms with E-state index in [2.05, 4.69) is 44.6 Å². The van der Waals surface area contributed by atoms with Gasteiger partial charge in [-0.3, -0.25) is 9.69 Å². The first kappa shape index (κ1) is 25.2. The Labute approximate surface area is 222 Å². The molecule has 1 amide bonds. The van der Waals surface area contributed by atoms with Crippen LogP contribution in [0.2, 0.25) is 0 Å². The molecule has 0 aliphatic carbocycles. The number of nitrogen functional groups attached to an aromatic ring is 1. The van der Waals surface area contributed by atoms with Crippen LogP contribution in [0.4, 0.5) is 5.82 Å². The highest BCUT2D eigenvalue weighted by molar-refractivity contribution is 5.95. The van der Waals surface area contributed by atoms with Crippen LogP contribution in [0.25, 0.3) is 27.7 Å². The molecular formula is C30H31N7O. The number of carbonyl (C=O) groups excluding carboxylic acids is 1. The molecule has 2 N–H and O–H groups in total. The Kier molecular flexibility index (Phi) is 6.70. The Bertz CT molecular complexity index is 1590. The lowest BCUT2D eigenvalue weighted by Crippen LogP contribution is -2.32. The first-order valence-corrected chi connectivity index (χ1v) is 12.6. The van der Waals surface area contributed by atoms with Crippen molar-refractivity contribution in [2.45, 2.75) is 19.4 Å². The van der Waals surface area contributed by atoms with Gasteiger partial charge in [0, 0.05) is 68.7 Å². The summed E-state index contributed by atoms with van der Waals surface area (Å²) in [6.45, 7) is 3.98. The van der Waals surface area contributed by atoms with E-state index in [4.69, 9.17) is 5.73 Å². The fraction of sp³-hybridized carbons (Fsp3) is 0.267. The summed E-state index contributed by atoms with van der Waals surface area (Å²) in [6, 6.07) is 17.9. The van der Waals surface area contributed by atoms with Crippen molar-refractivity contribution in [3.63, 3.8) is 0 Å². The smallest absolute Gasteiger partial charge is 0.253 e. The lowest BCUT2D eigenvalue weighted by molar-refractivity contribution is 0.0827. The Hall–Kier alpha value is -4.48. The van der Waals surface area contributed by atoms with E-state index in [0.717, 1.165) is 52.9 Å². The van der Waals surface area contributed by atoms with Crippen LogP contribution in [0.15, 0.2) is 60.8 Å². The third kappa shape index (κ3) is 4.53. The molecule has 0 saturated carbocycles. The van der Waals surface area contributed by atoms with Crippen molar-refractivity contribution in [3.8, 4) is 17.2 Å². The fourth-order valence-corrected chi connectivity index (χ4v) is 5.22. The van der Waals surface area contributed by atoms with E-state index in [1.54, 1.807) is 31.3 Å². The van der Waals surface area contributed by atoms with Crippen LogP contribution >= 0.6 is 0 Å². The molecule has 1 aromatic carbocycles. The van der Waals surface area contributed by atoms with Gasteiger partial charge in [0.25, 0.3) is 5.91 Å². The normalized spacial score (nSPS) is 14.7. The molecule has 0 saturated heterocycles. The molecule has 192 valence electrons. The molecule has 1 aliphatic rings. The molecule has 0 unspecified atom stereocenters. The van der Waals surface area contributed by atoms with Gasteiger partial charge in [0.15, 0.2) is 5.69 Å². The Morgan fingerprint density at radius 3 is 2.55 bits per heavy atom. The number of benzene rings is 1. The lowest BCUT2D eigenvalue weighted by atomic mass is 9.97. The number of anilines is 1. The molecule has 0 fully saturated rings. The average molecular weight is 506 g/mol. The minimum Gasteiger partial charge on any atom is -0.384 e. The number of nitrogens with zero attached hydrogens (tertiary/aromatic N) is 6. The van der Waals surface area contributed by atoms with Gasteiger partial charge in [0.1, 0.15) is 17.5 Å². The minimum absolute atomic E-state index is 0.0123. The maximum Gasteiger partial charge on any atom is 0.253 e. The highest BCUT2D eigenvalue weighted by Gasteiger charge is 2.24. The highest BCUT2D eigenvalue weighted by Crippen LogP contribution is 2.35. The van der Waals surface area contributed by atoms with Crippen LogP contribution in [0.3, 0.4) is 0 Å². The Morgan fingerprint density at radius 2 is 1.89 bits per heavy atom. The van der Waals surface area contributed by atoms with E-state index in [-0.39, 0.29) is 11.9 Å². The second kappa shape index (κ2) is 10.1. The van der Waals surface area contributed by atoms with Crippen molar-refractivity contribution in [2.24, 2.45) is 7.05 Å². The number of hydrogen-bond donors (Lipinski definition) is 1. The molecule has 8 nitrogen and oxygen atoms in total. The first-order chi connectivity index (χ1) is 18.3. The number of aryl methyl sites for hydroxylation is 1. The zero-order valence-corrected chi connectivity index (χ0v) is 22.1. The summed E-state index contributed by atoms with van der Waals surface area (Å²) in [6.07, 6.45) is 4.99. The maximum atomic E-state index is 12.2. The molecule has 0 bridgehead atoms. The predicted octanol–water partition coefficient (Wildman–Crippen LogP) is 4.64. The SMILES string of the molecule is C[C@@H](c1cc2c(-c3ccc(N)nc3C#N)ccnc2n1C)N1CC=C(c2ccc(C(=O)N(C)C)cc2)CC1. The summed E-state index contributed by atoms with van der Waals surface area (Å²) in [5, 5.41) is 10.6. The van der Waals surface area contributed by atoms with E-state index in [9.17, 15) is 10.1 Å². The third-order valence-electron chi connectivity index (χ3n) is 7.40. The summed E-state index contributed by atoms with van der Waals surface area (Å²) in [4.78, 5) is 25.1. The van der Waals surface area contributed by atoms with Gasteiger partial charge in [-0.1, -0.05) is 18.2 Å². The van der Waals surface area contributed by atoms with E-state index in [0.29, 0.717) is 17.1 Å². The van der Waals surface area contributed by atoms with Crippen molar-refractivity contribution >= 4 is 28.3 Å². The number of pyridine rings is 2. The molecule has 8 heteroatoms. The van der Waals surface area contributed by atoms with Crippen molar-refractivity contribution < 1.29 is 4.79 Å². The molecule has 0 spiro atoms. The Morgan fingerprint density at radius 1 is 1.13 bits per heavy atom. The summed E-state index contributed by atoms with van der Waals surface area (Å²) >= 11 is 0.